The van der Waals surface area contributed by atoms with Crippen molar-refractivity contribution >= 4 is 5.78 Å². The summed E-state index contributed by atoms with van der Waals surface area (Å²) in [6.45, 7) is 3.93. The minimum absolute atomic E-state index is 0.378. The highest BCUT2D eigenvalue weighted by Gasteiger charge is 2.21. The van der Waals surface area contributed by atoms with Gasteiger partial charge in [0.2, 0.25) is 0 Å². The highest BCUT2D eigenvalue weighted by atomic mass is 16.1. The summed E-state index contributed by atoms with van der Waals surface area (Å²) < 4.78 is 0. The summed E-state index contributed by atoms with van der Waals surface area (Å²) in [6, 6.07) is 0. The van der Waals surface area contributed by atoms with Gasteiger partial charge in [0.05, 0.1) is 6.54 Å². The Kier molecular flexibility index (Phi) is 5.92. The van der Waals surface area contributed by atoms with E-state index in [4.69, 9.17) is 0 Å². The van der Waals surface area contributed by atoms with E-state index in [1.807, 2.05) is 0 Å². The Bertz CT molecular complexity index is 185. The van der Waals surface area contributed by atoms with E-state index in [0.29, 0.717) is 18.2 Å². The third kappa shape index (κ3) is 4.78. The summed E-state index contributed by atoms with van der Waals surface area (Å²) >= 11 is 0. The van der Waals surface area contributed by atoms with Crippen molar-refractivity contribution in [2.75, 3.05) is 20.1 Å². The van der Waals surface area contributed by atoms with Gasteiger partial charge in [-0.25, -0.2) is 0 Å². The summed E-state index contributed by atoms with van der Waals surface area (Å²) in [4.78, 5) is 14.1. The van der Waals surface area contributed by atoms with Gasteiger partial charge in [0.25, 0.3) is 0 Å². The Morgan fingerprint density at radius 2 is 1.93 bits per heavy atom. The van der Waals surface area contributed by atoms with Crippen LogP contribution < -0.4 is 0 Å². The molecule has 0 aromatic rings. The van der Waals surface area contributed by atoms with Crippen molar-refractivity contribution < 1.29 is 4.79 Å². The first-order chi connectivity index (χ1) is 7.24. The van der Waals surface area contributed by atoms with E-state index in [-0.39, 0.29) is 0 Å². The van der Waals surface area contributed by atoms with Crippen molar-refractivity contribution in [1.82, 2.24) is 4.90 Å². The molecule has 0 aromatic heterocycles. The fraction of sp³-hybridized carbons (Fsp3) is 0.923. The molecule has 1 aliphatic rings. The van der Waals surface area contributed by atoms with Crippen molar-refractivity contribution in [2.24, 2.45) is 5.92 Å². The molecule has 1 saturated carbocycles. The second-order valence-corrected chi connectivity index (χ2v) is 4.89. The van der Waals surface area contributed by atoms with Crippen molar-refractivity contribution in [3.8, 4) is 0 Å². The zero-order valence-electron chi connectivity index (χ0n) is 10.3. The van der Waals surface area contributed by atoms with E-state index >= 15 is 0 Å². The van der Waals surface area contributed by atoms with Crippen LogP contribution in [0.25, 0.3) is 0 Å². The van der Waals surface area contributed by atoms with Gasteiger partial charge in [-0.2, -0.15) is 0 Å². The highest BCUT2D eigenvalue weighted by Crippen LogP contribution is 2.24. The highest BCUT2D eigenvalue weighted by molar-refractivity contribution is 5.82. The lowest BCUT2D eigenvalue weighted by molar-refractivity contribution is -0.124. The van der Waals surface area contributed by atoms with E-state index in [9.17, 15) is 4.79 Å². The molecule has 0 heterocycles. The van der Waals surface area contributed by atoms with Crippen LogP contribution in [0.1, 0.15) is 51.9 Å². The standard InChI is InChI=1S/C13H25NO/c1-3-4-10-14(2)11-13(15)12-8-6-5-7-9-12/h12H,3-11H2,1-2H3. The zero-order chi connectivity index (χ0) is 11.1. The number of hydrogen-bond donors (Lipinski definition) is 0. The summed E-state index contributed by atoms with van der Waals surface area (Å²) in [5.74, 6) is 0.858. The van der Waals surface area contributed by atoms with E-state index in [0.717, 1.165) is 19.4 Å². The molecule has 0 radical (unpaired) electrons. The Labute approximate surface area is 94.0 Å². The van der Waals surface area contributed by atoms with Crippen LogP contribution in [0.2, 0.25) is 0 Å². The van der Waals surface area contributed by atoms with Crippen LogP contribution in [0.15, 0.2) is 0 Å². The predicted octanol–water partition coefficient (Wildman–Crippen LogP) is 2.87. The van der Waals surface area contributed by atoms with Gasteiger partial charge >= 0.3 is 0 Å². The van der Waals surface area contributed by atoms with Gasteiger partial charge in [-0.05, 0) is 32.9 Å². The number of hydrogen-bond acceptors (Lipinski definition) is 2. The van der Waals surface area contributed by atoms with Gasteiger partial charge in [0.15, 0.2) is 0 Å². The summed E-state index contributed by atoms with van der Waals surface area (Å²) in [7, 11) is 2.07. The van der Waals surface area contributed by atoms with E-state index in [1.54, 1.807) is 0 Å². The Morgan fingerprint density at radius 3 is 2.53 bits per heavy atom. The smallest absolute Gasteiger partial charge is 0.149 e. The SMILES string of the molecule is CCCCN(C)CC(=O)C1CCCCC1. The van der Waals surface area contributed by atoms with E-state index in [1.165, 1.54) is 32.1 Å². The number of rotatable bonds is 6. The number of likely N-dealkylation sites (N-methyl/N-ethyl adjacent to an activating group) is 1. The number of carbonyl (C=O) groups is 1. The molecule has 0 aliphatic heterocycles. The molecule has 2 nitrogen and oxygen atoms in total. The maximum atomic E-state index is 11.9. The molecule has 2 heteroatoms. The maximum Gasteiger partial charge on any atom is 0.149 e. The van der Waals surface area contributed by atoms with Crippen molar-refractivity contribution in [3.05, 3.63) is 0 Å². The first kappa shape index (κ1) is 12.7. The van der Waals surface area contributed by atoms with Crippen LogP contribution in [0.4, 0.5) is 0 Å². The molecule has 0 N–H and O–H groups in total. The first-order valence-corrected chi connectivity index (χ1v) is 6.45. The van der Waals surface area contributed by atoms with Crippen LogP contribution in [-0.4, -0.2) is 30.8 Å². The van der Waals surface area contributed by atoms with Crippen LogP contribution in [0.3, 0.4) is 0 Å². The monoisotopic (exact) mass is 211 g/mol. The second-order valence-electron chi connectivity index (χ2n) is 4.89. The molecule has 88 valence electrons. The maximum absolute atomic E-state index is 11.9. The average Bonchev–Trinajstić information content (AvgIpc) is 2.27. The third-order valence-electron chi connectivity index (χ3n) is 3.38. The fourth-order valence-electron chi connectivity index (χ4n) is 2.33. The summed E-state index contributed by atoms with van der Waals surface area (Å²) in [5, 5.41) is 0. The minimum Gasteiger partial charge on any atom is -0.299 e. The minimum atomic E-state index is 0.378. The normalized spacial score (nSPS) is 18.3. The lowest BCUT2D eigenvalue weighted by atomic mass is 9.86. The molecule has 0 unspecified atom stereocenters. The Hall–Kier alpha value is -0.370. The quantitative estimate of drug-likeness (QED) is 0.673. The first-order valence-electron chi connectivity index (χ1n) is 6.45. The zero-order valence-corrected chi connectivity index (χ0v) is 10.3. The molecular weight excluding hydrogens is 186 g/mol. The number of Topliss-reactive ketones (excluding diaryl/α,β-unsaturated/α-hetero) is 1. The summed E-state index contributed by atoms with van der Waals surface area (Å²) in [5.41, 5.74) is 0. The molecule has 0 amide bonds. The van der Waals surface area contributed by atoms with Crippen LogP contribution in [-0.2, 0) is 4.79 Å². The van der Waals surface area contributed by atoms with Gasteiger partial charge in [0.1, 0.15) is 5.78 Å². The largest absolute Gasteiger partial charge is 0.299 e. The van der Waals surface area contributed by atoms with Gasteiger partial charge in [0, 0.05) is 5.92 Å². The number of ketones is 1. The average molecular weight is 211 g/mol. The van der Waals surface area contributed by atoms with E-state index in [2.05, 4.69) is 18.9 Å². The lowest BCUT2D eigenvalue weighted by Crippen LogP contribution is -2.31. The van der Waals surface area contributed by atoms with Gasteiger partial charge < -0.3 is 0 Å². The number of carbonyl (C=O) groups excluding carboxylic acids is 1. The second kappa shape index (κ2) is 7.00. The predicted molar refractivity (Wildman–Crippen MR) is 64.0 cm³/mol. The van der Waals surface area contributed by atoms with Crippen molar-refractivity contribution in [2.45, 2.75) is 51.9 Å². The number of nitrogens with zero attached hydrogens (tertiary/aromatic N) is 1. The number of unbranched alkanes of at least 4 members (excludes halogenated alkanes) is 1. The van der Waals surface area contributed by atoms with Crippen molar-refractivity contribution in [3.63, 3.8) is 0 Å². The van der Waals surface area contributed by atoms with Gasteiger partial charge in [-0.3, -0.25) is 9.69 Å². The molecule has 0 spiro atoms. The van der Waals surface area contributed by atoms with E-state index < -0.39 is 0 Å². The Morgan fingerprint density at radius 1 is 1.27 bits per heavy atom. The lowest BCUT2D eigenvalue weighted by Gasteiger charge is -2.23. The van der Waals surface area contributed by atoms with Gasteiger partial charge in [-0.15, -0.1) is 0 Å². The molecule has 15 heavy (non-hydrogen) atoms. The molecule has 1 aliphatic carbocycles. The molecule has 0 saturated heterocycles. The molecule has 1 rings (SSSR count). The summed E-state index contributed by atoms with van der Waals surface area (Å²) in [6.07, 6.45) is 8.54. The van der Waals surface area contributed by atoms with Crippen molar-refractivity contribution in [1.29, 1.82) is 0 Å². The fourth-order valence-corrected chi connectivity index (χ4v) is 2.33. The topological polar surface area (TPSA) is 20.3 Å². The van der Waals surface area contributed by atoms with Crippen LogP contribution in [0, 0.1) is 5.92 Å². The molecular formula is C13H25NO. The molecule has 0 atom stereocenters. The Balaban J connectivity index is 2.21. The third-order valence-corrected chi connectivity index (χ3v) is 3.38. The molecule has 0 aromatic carbocycles. The molecule has 0 bridgehead atoms. The molecule has 1 fully saturated rings. The van der Waals surface area contributed by atoms with Crippen LogP contribution >= 0.6 is 0 Å². The van der Waals surface area contributed by atoms with Crippen LogP contribution in [0.5, 0.6) is 0 Å². The van der Waals surface area contributed by atoms with Gasteiger partial charge in [-0.1, -0.05) is 32.6 Å².